The number of rotatable bonds is 7. The SMILES string of the molecule is COc1ccc(CCNCc2cccc(C(=O)O)c2)cc1. The molecule has 2 N–H and O–H groups in total. The number of hydrogen-bond acceptors (Lipinski definition) is 3. The van der Waals surface area contributed by atoms with Crippen LogP contribution in [-0.4, -0.2) is 24.7 Å². The summed E-state index contributed by atoms with van der Waals surface area (Å²) in [5, 5.41) is 12.3. The van der Waals surface area contributed by atoms with Crippen LogP contribution >= 0.6 is 0 Å². The zero-order valence-corrected chi connectivity index (χ0v) is 12.0. The van der Waals surface area contributed by atoms with Gasteiger partial charge in [0.1, 0.15) is 5.75 Å². The number of benzene rings is 2. The molecule has 110 valence electrons. The fourth-order valence-corrected chi connectivity index (χ4v) is 2.07. The van der Waals surface area contributed by atoms with Crippen molar-refractivity contribution >= 4 is 5.97 Å². The molecule has 2 rings (SSSR count). The van der Waals surface area contributed by atoms with Gasteiger partial charge in [-0.15, -0.1) is 0 Å². The summed E-state index contributed by atoms with van der Waals surface area (Å²) < 4.78 is 5.12. The standard InChI is InChI=1S/C17H19NO3/c1-21-16-7-5-13(6-8-16)9-10-18-12-14-3-2-4-15(11-14)17(19)20/h2-8,11,18H,9-10,12H2,1H3,(H,19,20). The molecular formula is C17H19NO3. The number of carboxylic acid groups (broad SMARTS) is 1. The highest BCUT2D eigenvalue weighted by Gasteiger charge is 2.02. The molecule has 21 heavy (non-hydrogen) atoms. The maximum absolute atomic E-state index is 10.9. The van der Waals surface area contributed by atoms with Gasteiger partial charge in [0.05, 0.1) is 12.7 Å². The summed E-state index contributed by atoms with van der Waals surface area (Å²) in [6.45, 7) is 1.50. The monoisotopic (exact) mass is 285 g/mol. The Morgan fingerprint density at radius 1 is 1.14 bits per heavy atom. The third kappa shape index (κ3) is 4.61. The Morgan fingerprint density at radius 2 is 1.90 bits per heavy atom. The van der Waals surface area contributed by atoms with Crippen LogP contribution in [0.2, 0.25) is 0 Å². The van der Waals surface area contributed by atoms with E-state index in [9.17, 15) is 4.79 Å². The van der Waals surface area contributed by atoms with E-state index in [0.29, 0.717) is 12.1 Å². The summed E-state index contributed by atoms with van der Waals surface area (Å²) >= 11 is 0. The molecule has 2 aromatic rings. The Bertz CT molecular complexity index is 593. The Balaban J connectivity index is 1.78. The first-order chi connectivity index (χ1) is 10.2. The molecular weight excluding hydrogens is 266 g/mol. The third-order valence-electron chi connectivity index (χ3n) is 3.25. The fraction of sp³-hybridized carbons (Fsp3) is 0.235. The van der Waals surface area contributed by atoms with Gasteiger partial charge >= 0.3 is 5.97 Å². The Labute approximate surface area is 124 Å². The number of hydrogen-bond donors (Lipinski definition) is 2. The first kappa shape index (κ1) is 15.1. The van der Waals surface area contributed by atoms with Crippen molar-refractivity contribution in [3.05, 3.63) is 65.2 Å². The highest BCUT2D eigenvalue weighted by atomic mass is 16.5. The molecule has 0 heterocycles. The molecule has 0 spiro atoms. The minimum atomic E-state index is -0.893. The van der Waals surface area contributed by atoms with E-state index in [-0.39, 0.29) is 0 Å². The molecule has 0 fully saturated rings. The zero-order chi connectivity index (χ0) is 15.1. The molecule has 0 aliphatic carbocycles. The van der Waals surface area contributed by atoms with Crippen molar-refractivity contribution in [3.63, 3.8) is 0 Å². The molecule has 4 nitrogen and oxygen atoms in total. The van der Waals surface area contributed by atoms with Crippen molar-refractivity contribution in [2.24, 2.45) is 0 Å². The van der Waals surface area contributed by atoms with Gasteiger partial charge in [-0.25, -0.2) is 4.79 Å². The van der Waals surface area contributed by atoms with Gasteiger partial charge in [0.2, 0.25) is 0 Å². The second-order valence-corrected chi connectivity index (χ2v) is 4.78. The lowest BCUT2D eigenvalue weighted by atomic mass is 10.1. The summed E-state index contributed by atoms with van der Waals surface area (Å²) in [5.41, 5.74) is 2.54. The average Bonchev–Trinajstić information content (AvgIpc) is 2.52. The Kier molecular flexibility index (Phi) is 5.35. The average molecular weight is 285 g/mol. The van der Waals surface area contributed by atoms with Crippen LogP contribution in [0.25, 0.3) is 0 Å². The van der Waals surface area contributed by atoms with E-state index < -0.39 is 5.97 Å². The van der Waals surface area contributed by atoms with E-state index in [1.165, 1.54) is 5.56 Å². The van der Waals surface area contributed by atoms with Crippen molar-refractivity contribution in [1.82, 2.24) is 5.32 Å². The van der Waals surface area contributed by atoms with Gasteiger partial charge < -0.3 is 15.2 Å². The first-order valence-corrected chi connectivity index (χ1v) is 6.85. The third-order valence-corrected chi connectivity index (χ3v) is 3.25. The lowest BCUT2D eigenvalue weighted by Gasteiger charge is -2.07. The van der Waals surface area contributed by atoms with Gasteiger partial charge in [0.25, 0.3) is 0 Å². The molecule has 0 saturated heterocycles. The van der Waals surface area contributed by atoms with Crippen molar-refractivity contribution in [3.8, 4) is 5.75 Å². The van der Waals surface area contributed by atoms with Crippen molar-refractivity contribution < 1.29 is 14.6 Å². The molecule has 0 saturated carbocycles. The van der Waals surface area contributed by atoms with Crippen LogP contribution in [0.15, 0.2) is 48.5 Å². The quantitative estimate of drug-likeness (QED) is 0.768. The van der Waals surface area contributed by atoms with E-state index >= 15 is 0 Å². The minimum Gasteiger partial charge on any atom is -0.497 e. The molecule has 0 bridgehead atoms. The van der Waals surface area contributed by atoms with Gasteiger partial charge in [-0.05, 0) is 48.4 Å². The number of nitrogens with one attached hydrogen (secondary N) is 1. The van der Waals surface area contributed by atoms with Gasteiger partial charge in [-0.1, -0.05) is 24.3 Å². The van der Waals surface area contributed by atoms with Crippen LogP contribution in [-0.2, 0) is 13.0 Å². The Morgan fingerprint density at radius 3 is 2.57 bits per heavy atom. The fourth-order valence-electron chi connectivity index (χ4n) is 2.07. The van der Waals surface area contributed by atoms with Crippen LogP contribution in [0, 0.1) is 0 Å². The maximum Gasteiger partial charge on any atom is 0.335 e. The smallest absolute Gasteiger partial charge is 0.335 e. The summed E-state index contributed by atoms with van der Waals surface area (Å²) in [6.07, 6.45) is 0.919. The highest BCUT2D eigenvalue weighted by molar-refractivity contribution is 5.87. The van der Waals surface area contributed by atoms with Crippen molar-refractivity contribution in [2.45, 2.75) is 13.0 Å². The molecule has 0 radical (unpaired) electrons. The molecule has 0 atom stereocenters. The van der Waals surface area contributed by atoms with E-state index in [2.05, 4.69) is 5.32 Å². The topological polar surface area (TPSA) is 58.6 Å². The Hall–Kier alpha value is -2.33. The molecule has 0 aliphatic heterocycles. The van der Waals surface area contributed by atoms with E-state index in [1.807, 2.05) is 30.3 Å². The molecule has 0 amide bonds. The molecule has 4 heteroatoms. The van der Waals surface area contributed by atoms with Gasteiger partial charge in [-0.2, -0.15) is 0 Å². The molecule has 0 aliphatic rings. The van der Waals surface area contributed by atoms with Crippen LogP contribution in [0.3, 0.4) is 0 Å². The lowest BCUT2D eigenvalue weighted by molar-refractivity contribution is 0.0696. The number of carboxylic acids is 1. The lowest BCUT2D eigenvalue weighted by Crippen LogP contribution is -2.16. The van der Waals surface area contributed by atoms with Crippen LogP contribution in [0.4, 0.5) is 0 Å². The number of ether oxygens (including phenoxy) is 1. The van der Waals surface area contributed by atoms with E-state index in [4.69, 9.17) is 9.84 Å². The van der Waals surface area contributed by atoms with Crippen molar-refractivity contribution in [2.75, 3.05) is 13.7 Å². The minimum absolute atomic E-state index is 0.324. The normalized spacial score (nSPS) is 10.3. The molecule has 2 aromatic carbocycles. The highest BCUT2D eigenvalue weighted by Crippen LogP contribution is 2.11. The summed E-state index contributed by atoms with van der Waals surface area (Å²) in [4.78, 5) is 10.9. The van der Waals surface area contributed by atoms with Gasteiger partial charge in [0.15, 0.2) is 0 Å². The first-order valence-electron chi connectivity index (χ1n) is 6.85. The number of methoxy groups -OCH3 is 1. The molecule has 0 aromatic heterocycles. The summed E-state index contributed by atoms with van der Waals surface area (Å²) in [5.74, 6) is -0.0349. The van der Waals surface area contributed by atoms with Crippen molar-refractivity contribution in [1.29, 1.82) is 0 Å². The predicted molar refractivity (Wildman–Crippen MR) is 81.8 cm³/mol. The maximum atomic E-state index is 10.9. The second kappa shape index (κ2) is 7.45. The largest absolute Gasteiger partial charge is 0.497 e. The molecule has 0 unspecified atom stereocenters. The second-order valence-electron chi connectivity index (χ2n) is 4.78. The predicted octanol–water partition coefficient (Wildman–Crippen LogP) is 2.73. The van der Waals surface area contributed by atoms with E-state index in [0.717, 1.165) is 24.3 Å². The van der Waals surface area contributed by atoms with Crippen LogP contribution in [0.1, 0.15) is 21.5 Å². The zero-order valence-electron chi connectivity index (χ0n) is 12.0. The van der Waals surface area contributed by atoms with Crippen LogP contribution in [0.5, 0.6) is 5.75 Å². The van der Waals surface area contributed by atoms with Gasteiger partial charge in [-0.3, -0.25) is 0 Å². The van der Waals surface area contributed by atoms with Gasteiger partial charge in [0, 0.05) is 6.54 Å². The number of aromatic carboxylic acids is 1. The summed E-state index contributed by atoms with van der Waals surface area (Å²) in [6, 6.07) is 15.0. The van der Waals surface area contributed by atoms with E-state index in [1.54, 1.807) is 25.3 Å². The van der Waals surface area contributed by atoms with Crippen LogP contribution < -0.4 is 10.1 Å². The summed E-state index contributed by atoms with van der Waals surface area (Å²) in [7, 11) is 1.65. The number of carbonyl (C=O) groups is 1.